The molecule has 4 nitrogen and oxygen atoms in total. The van der Waals surface area contributed by atoms with E-state index in [1.807, 2.05) is 56.3 Å². The van der Waals surface area contributed by atoms with E-state index in [-0.39, 0.29) is 6.10 Å². The van der Waals surface area contributed by atoms with Crippen molar-refractivity contribution in [2.24, 2.45) is 0 Å². The Hall–Kier alpha value is -2.33. The zero-order chi connectivity index (χ0) is 15.5. The van der Waals surface area contributed by atoms with Crippen molar-refractivity contribution in [3.05, 3.63) is 65.0 Å². The summed E-state index contributed by atoms with van der Waals surface area (Å²) in [6, 6.07) is 15.1. The summed E-state index contributed by atoms with van der Waals surface area (Å²) in [4.78, 5) is 0. The van der Waals surface area contributed by atoms with Crippen LogP contribution in [-0.2, 0) is 0 Å². The minimum Gasteiger partial charge on any atom is -0.481 e. The monoisotopic (exact) mass is 314 g/mol. The van der Waals surface area contributed by atoms with E-state index in [2.05, 4.69) is 10.2 Å². The van der Waals surface area contributed by atoms with Crippen molar-refractivity contribution in [1.29, 1.82) is 0 Å². The van der Waals surface area contributed by atoms with Gasteiger partial charge in [0.25, 0.3) is 5.89 Å². The highest BCUT2D eigenvalue weighted by atomic mass is 35.5. The lowest BCUT2D eigenvalue weighted by Gasteiger charge is -2.13. The molecule has 0 N–H and O–H groups in total. The highest BCUT2D eigenvalue weighted by Crippen LogP contribution is 2.28. The summed E-state index contributed by atoms with van der Waals surface area (Å²) in [5, 5.41) is 8.82. The van der Waals surface area contributed by atoms with Crippen molar-refractivity contribution in [1.82, 2.24) is 10.2 Å². The summed E-state index contributed by atoms with van der Waals surface area (Å²) in [5.74, 6) is 1.67. The lowest BCUT2D eigenvalue weighted by atomic mass is 10.2. The number of halogens is 1. The van der Waals surface area contributed by atoms with Gasteiger partial charge in [-0.1, -0.05) is 29.8 Å². The molecule has 1 aromatic heterocycles. The zero-order valence-electron chi connectivity index (χ0n) is 12.3. The van der Waals surface area contributed by atoms with Crippen LogP contribution in [0.1, 0.15) is 24.5 Å². The molecule has 3 aromatic rings. The minimum atomic E-state index is -0.343. The third-order valence-electron chi connectivity index (χ3n) is 3.25. The molecule has 0 bridgehead atoms. The summed E-state index contributed by atoms with van der Waals surface area (Å²) in [6.45, 7) is 3.81. The predicted octanol–water partition coefficient (Wildman–Crippen LogP) is 4.84. The first kappa shape index (κ1) is 14.6. The Morgan fingerprint density at radius 3 is 2.59 bits per heavy atom. The fraction of sp³-hybridized carbons (Fsp3) is 0.176. The fourth-order valence-electron chi connectivity index (χ4n) is 2.08. The van der Waals surface area contributed by atoms with Gasteiger partial charge in [-0.05, 0) is 49.7 Å². The van der Waals surface area contributed by atoms with Gasteiger partial charge < -0.3 is 9.15 Å². The van der Waals surface area contributed by atoms with Crippen molar-refractivity contribution in [3.8, 4) is 17.2 Å². The van der Waals surface area contributed by atoms with Crippen LogP contribution in [0.25, 0.3) is 11.5 Å². The van der Waals surface area contributed by atoms with Crippen LogP contribution in [0.15, 0.2) is 52.9 Å². The van der Waals surface area contributed by atoms with Crippen LogP contribution in [0, 0.1) is 6.92 Å². The van der Waals surface area contributed by atoms with Gasteiger partial charge in [0.15, 0.2) is 6.10 Å². The van der Waals surface area contributed by atoms with Crippen molar-refractivity contribution >= 4 is 11.6 Å². The van der Waals surface area contributed by atoms with Gasteiger partial charge in [-0.3, -0.25) is 0 Å². The fourth-order valence-corrected chi connectivity index (χ4v) is 2.31. The Morgan fingerprint density at radius 2 is 1.86 bits per heavy atom. The highest BCUT2D eigenvalue weighted by Gasteiger charge is 2.17. The van der Waals surface area contributed by atoms with E-state index < -0.39 is 0 Å². The first-order valence-corrected chi connectivity index (χ1v) is 7.33. The maximum absolute atomic E-state index is 5.95. The van der Waals surface area contributed by atoms with Crippen molar-refractivity contribution < 1.29 is 9.15 Å². The minimum absolute atomic E-state index is 0.343. The Kier molecular flexibility index (Phi) is 4.11. The zero-order valence-corrected chi connectivity index (χ0v) is 13.0. The molecule has 112 valence electrons. The molecule has 0 spiro atoms. The lowest BCUT2D eigenvalue weighted by Crippen LogP contribution is -2.04. The van der Waals surface area contributed by atoms with Crippen LogP contribution in [-0.4, -0.2) is 10.2 Å². The summed E-state index contributed by atoms with van der Waals surface area (Å²) < 4.78 is 11.6. The van der Waals surface area contributed by atoms with Crippen LogP contribution in [0.5, 0.6) is 5.75 Å². The van der Waals surface area contributed by atoms with E-state index >= 15 is 0 Å². The van der Waals surface area contributed by atoms with Gasteiger partial charge in [0.05, 0.1) is 0 Å². The molecule has 0 saturated heterocycles. The van der Waals surface area contributed by atoms with Crippen LogP contribution >= 0.6 is 11.6 Å². The average Bonchev–Trinajstić information content (AvgIpc) is 3.01. The molecule has 0 aliphatic heterocycles. The van der Waals surface area contributed by atoms with Gasteiger partial charge in [-0.2, -0.15) is 0 Å². The largest absolute Gasteiger partial charge is 0.481 e. The topological polar surface area (TPSA) is 48.2 Å². The van der Waals surface area contributed by atoms with Crippen molar-refractivity contribution in [2.75, 3.05) is 0 Å². The Morgan fingerprint density at radius 1 is 1.09 bits per heavy atom. The molecule has 0 amide bonds. The first-order chi connectivity index (χ1) is 10.6. The van der Waals surface area contributed by atoms with Gasteiger partial charge in [-0.25, -0.2) is 0 Å². The van der Waals surface area contributed by atoms with Crippen molar-refractivity contribution in [2.45, 2.75) is 20.0 Å². The maximum Gasteiger partial charge on any atom is 0.257 e. The first-order valence-electron chi connectivity index (χ1n) is 6.95. The molecule has 5 heteroatoms. The lowest BCUT2D eigenvalue weighted by molar-refractivity contribution is 0.188. The predicted molar refractivity (Wildman–Crippen MR) is 85.0 cm³/mol. The number of benzene rings is 2. The molecular formula is C17H15ClN2O2. The summed E-state index contributed by atoms with van der Waals surface area (Å²) >= 11 is 5.95. The maximum atomic E-state index is 5.95. The van der Waals surface area contributed by atoms with Gasteiger partial charge in [0, 0.05) is 10.6 Å². The van der Waals surface area contributed by atoms with E-state index in [9.17, 15) is 0 Å². The summed E-state index contributed by atoms with van der Waals surface area (Å²) in [7, 11) is 0. The second-order valence-corrected chi connectivity index (χ2v) is 5.42. The van der Waals surface area contributed by atoms with Crippen LogP contribution in [0.4, 0.5) is 0 Å². The highest BCUT2D eigenvalue weighted by molar-refractivity contribution is 6.30. The Bertz CT molecular complexity index is 771. The van der Waals surface area contributed by atoms with Gasteiger partial charge >= 0.3 is 0 Å². The van der Waals surface area contributed by atoms with Crippen molar-refractivity contribution in [3.63, 3.8) is 0 Å². The SMILES string of the molecule is Cc1cc(Cl)ccc1O[C@H](C)c1nnc(-c2ccccc2)o1. The number of rotatable bonds is 4. The smallest absolute Gasteiger partial charge is 0.257 e. The van der Waals surface area contributed by atoms with E-state index in [0.29, 0.717) is 16.8 Å². The second kappa shape index (κ2) is 6.20. The number of nitrogens with zero attached hydrogens (tertiary/aromatic N) is 2. The van der Waals surface area contributed by atoms with E-state index in [0.717, 1.165) is 16.9 Å². The van der Waals surface area contributed by atoms with Crippen LogP contribution in [0.3, 0.4) is 0 Å². The molecule has 0 saturated carbocycles. The normalized spacial score (nSPS) is 12.1. The number of aromatic nitrogens is 2. The average molecular weight is 315 g/mol. The quantitative estimate of drug-likeness (QED) is 0.691. The van der Waals surface area contributed by atoms with Gasteiger partial charge in [-0.15, -0.1) is 10.2 Å². The third-order valence-corrected chi connectivity index (χ3v) is 3.48. The van der Waals surface area contributed by atoms with Gasteiger partial charge in [0.2, 0.25) is 5.89 Å². The number of hydrogen-bond donors (Lipinski definition) is 0. The van der Waals surface area contributed by atoms with Crippen LogP contribution < -0.4 is 4.74 Å². The second-order valence-electron chi connectivity index (χ2n) is 4.98. The Labute approximate surface area is 133 Å². The van der Waals surface area contributed by atoms with E-state index in [1.54, 1.807) is 6.07 Å². The molecule has 0 radical (unpaired) electrons. The molecule has 1 heterocycles. The molecule has 0 aliphatic carbocycles. The number of aryl methyl sites for hydroxylation is 1. The molecule has 0 aliphatic rings. The standard InChI is InChI=1S/C17H15ClN2O2/c1-11-10-14(18)8-9-15(11)21-12(2)16-19-20-17(22-16)13-6-4-3-5-7-13/h3-10,12H,1-2H3/t12-/m1/s1. The number of ether oxygens (including phenoxy) is 1. The third kappa shape index (κ3) is 3.12. The molecule has 2 aromatic carbocycles. The van der Waals surface area contributed by atoms with E-state index in [1.165, 1.54) is 0 Å². The molecule has 0 fully saturated rings. The molecule has 22 heavy (non-hydrogen) atoms. The molecule has 0 unspecified atom stereocenters. The molecule has 3 rings (SSSR count). The van der Waals surface area contributed by atoms with E-state index in [4.69, 9.17) is 20.8 Å². The van der Waals surface area contributed by atoms with Crippen LogP contribution in [0.2, 0.25) is 5.02 Å². The molecular weight excluding hydrogens is 300 g/mol. The summed E-state index contributed by atoms with van der Waals surface area (Å²) in [5.41, 5.74) is 1.85. The number of hydrogen-bond acceptors (Lipinski definition) is 4. The molecule has 1 atom stereocenters. The Balaban J connectivity index is 1.78. The summed E-state index contributed by atoms with van der Waals surface area (Å²) in [6.07, 6.45) is -0.343. The van der Waals surface area contributed by atoms with Gasteiger partial charge in [0.1, 0.15) is 5.75 Å².